The van der Waals surface area contributed by atoms with Crippen molar-refractivity contribution in [2.75, 3.05) is 25.0 Å². The van der Waals surface area contributed by atoms with Crippen LogP contribution in [0.25, 0.3) is 11.0 Å². The third kappa shape index (κ3) is 5.78. The van der Waals surface area contributed by atoms with Crippen LogP contribution in [0.4, 0.5) is 5.69 Å². The number of likely N-dealkylation sites (tertiary alicyclic amines) is 1. The molecular formula is C25H31N7O3. The fraction of sp³-hybridized carbons (Fsp3) is 0.360. The molecule has 1 saturated heterocycles. The van der Waals surface area contributed by atoms with E-state index in [1.807, 2.05) is 36.1 Å². The third-order valence-electron chi connectivity index (χ3n) is 6.37. The number of aromatic nitrogens is 2. The second kappa shape index (κ2) is 10.6. The molecule has 10 nitrogen and oxygen atoms in total. The van der Waals surface area contributed by atoms with Crippen LogP contribution in [0.1, 0.15) is 47.8 Å². The SMILES string of the molecule is Cc1c(C(CC(=O)N2CCCC2)NCC(=O)O)ccc2[nH]c(CNc3ccc(C(=N)N)cc3)nc12. The number of carboxylic acid groups (broad SMARTS) is 1. The summed E-state index contributed by atoms with van der Waals surface area (Å²) >= 11 is 0. The van der Waals surface area contributed by atoms with Gasteiger partial charge in [0.1, 0.15) is 11.7 Å². The molecule has 4 rings (SSSR count). The number of fused-ring (bicyclic) bond motifs is 1. The molecule has 1 aromatic heterocycles. The van der Waals surface area contributed by atoms with Crippen molar-refractivity contribution in [1.82, 2.24) is 20.2 Å². The van der Waals surface area contributed by atoms with Gasteiger partial charge in [-0.2, -0.15) is 0 Å². The number of carboxylic acids is 1. The molecule has 1 fully saturated rings. The average Bonchev–Trinajstić information content (AvgIpc) is 3.51. The van der Waals surface area contributed by atoms with Crippen LogP contribution in [0, 0.1) is 12.3 Å². The summed E-state index contributed by atoms with van der Waals surface area (Å²) in [6.07, 6.45) is 2.22. The number of hydrogen-bond donors (Lipinski definition) is 6. The van der Waals surface area contributed by atoms with Gasteiger partial charge in [-0.3, -0.25) is 20.3 Å². The number of rotatable bonds is 10. The molecule has 1 atom stereocenters. The summed E-state index contributed by atoms with van der Waals surface area (Å²) < 4.78 is 0. The molecule has 7 N–H and O–H groups in total. The van der Waals surface area contributed by atoms with Crippen molar-refractivity contribution in [3.63, 3.8) is 0 Å². The number of hydrogen-bond acceptors (Lipinski definition) is 6. The number of aromatic amines is 1. The number of nitrogens with zero attached hydrogens (tertiary/aromatic N) is 2. The zero-order valence-electron chi connectivity index (χ0n) is 19.7. The minimum atomic E-state index is -0.966. The molecule has 1 aliphatic heterocycles. The number of aliphatic carboxylic acids is 1. The summed E-state index contributed by atoms with van der Waals surface area (Å²) in [5.74, 6) is -0.156. The zero-order valence-corrected chi connectivity index (χ0v) is 19.7. The van der Waals surface area contributed by atoms with Gasteiger partial charge < -0.3 is 26.0 Å². The standard InChI is InChI=1S/C25H31N7O3/c1-15-18(20(29-14-23(34)35)12-22(33)32-10-2-3-11-32)8-9-19-24(15)31-21(30-19)13-28-17-6-4-16(5-7-17)25(26)27/h4-9,20,28-29H,2-3,10-14H2,1H3,(H3,26,27)(H,30,31)(H,34,35). The van der Waals surface area contributed by atoms with Gasteiger partial charge in [0.05, 0.1) is 24.1 Å². The number of benzene rings is 2. The highest BCUT2D eigenvalue weighted by molar-refractivity contribution is 5.95. The van der Waals surface area contributed by atoms with E-state index in [0.29, 0.717) is 12.1 Å². The number of anilines is 1. The van der Waals surface area contributed by atoms with Crippen LogP contribution in [0.15, 0.2) is 36.4 Å². The van der Waals surface area contributed by atoms with E-state index >= 15 is 0 Å². The van der Waals surface area contributed by atoms with E-state index in [9.17, 15) is 14.7 Å². The van der Waals surface area contributed by atoms with Crippen LogP contribution in [0.2, 0.25) is 0 Å². The van der Waals surface area contributed by atoms with Crippen molar-refractivity contribution in [2.24, 2.45) is 5.73 Å². The Hall–Kier alpha value is -3.92. The molecule has 1 aliphatic rings. The Morgan fingerprint density at radius 2 is 1.91 bits per heavy atom. The summed E-state index contributed by atoms with van der Waals surface area (Å²) in [5.41, 5.74) is 10.5. The Bertz CT molecular complexity index is 1230. The van der Waals surface area contributed by atoms with E-state index in [-0.39, 0.29) is 24.7 Å². The molecule has 0 radical (unpaired) electrons. The number of H-pyrrole nitrogens is 1. The predicted molar refractivity (Wildman–Crippen MR) is 134 cm³/mol. The maximum absolute atomic E-state index is 12.8. The highest BCUT2D eigenvalue weighted by Crippen LogP contribution is 2.28. The summed E-state index contributed by atoms with van der Waals surface area (Å²) in [6, 6.07) is 10.7. The molecule has 0 spiro atoms. The van der Waals surface area contributed by atoms with E-state index in [4.69, 9.17) is 16.1 Å². The smallest absolute Gasteiger partial charge is 0.317 e. The van der Waals surface area contributed by atoms with Crippen molar-refractivity contribution in [3.05, 3.63) is 58.9 Å². The van der Waals surface area contributed by atoms with Gasteiger partial charge in [-0.25, -0.2) is 4.98 Å². The third-order valence-corrected chi connectivity index (χ3v) is 6.37. The van der Waals surface area contributed by atoms with Gasteiger partial charge in [0.2, 0.25) is 5.91 Å². The molecule has 1 amide bonds. The van der Waals surface area contributed by atoms with Gasteiger partial charge in [0.15, 0.2) is 0 Å². The molecule has 0 saturated carbocycles. The lowest BCUT2D eigenvalue weighted by Gasteiger charge is -2.23. The Kier molecular flexibility index (Phi) is 7.31. The molecule has 0 aliphatic carbocycles. The number of nitrogen functional groups attached to an aromatic ring is 1. The second-order valence-corrected chi connectivity index (χ2v) is 8.82. The molecule has 0 bridgehead atoms. The van der Waals surface area contributed by atoms with Crippen LogP contribution in [0.5, 0.6) is 0 Å². The Labute approximate surface area is 203 Å². The Balaban J connectivity index is 1.52. The van der Waals surface area contributed by atoms with Crippen molar-refractivity contribution < 1.29 is 14.7 Å². The zero-order chi connectivity index (χ0) is 24.9. The van der Waals surface area contributed by atoms with Crippen molar-refractivity contribution in [3.8, 4) is 0 Å². The van der Waals surface area contributed by atoms with E-state index in [1.165, 1.54) is 0 Å². The van der Waals surface area contributed by atoms with E-state index in [1.54, 1.807) is 12.1 Å². The number of carbonyl (C=O) groups is 2. The van der Waals surface area contributed by atoms with Crippen molar-refractivity contribution in [2.45, 2.75) is 38.8 Å². The van der Waals surface area contributed by atoms with Crippen LogP contribution in [-0.2, 0) is 16.1 Å². The minimum absolute atomic E-state index is 0.0263. The first-order chi connectivity index (χ1) is 16.8. The number of nitrogens with one attached hydrogen (secondary N) is 4. The quantitative estimate of drug-likeness (QED) is 0.193. The molecule has 1 unspecified atom stereocenters. The van der Waals surface area contributed by atoms with Gasteiger partial charge in [-0.1, -0.05) is 6.07 Å². The van der Waals surface area contributed by atoms with Gasteiger partial charge in [-0.15, -0.1) is 0 Å². The number of nitrogens with two attached hydrogens (primary N) is 1. The van der Waals surface area contributed by atoms with Crippen molar-refractivity contribution >= 4 is 34.4 Å². The number of amidine groups is 1. The minimum Gasteiger partial charge on any atom is -0.480 e. The van der Waals surface area contributed by atoms with E-state index in [0.717, 1.165) is 59.6 Å². The molecule has 2 aromatic carbocycles. The summed E-state index contributed by atoms with van der Waals surface area (Å²) in [5, 5.41) is 23.0. The lowest BCUT2D eigenvalue weighted by molar-refractivity contribution is -0.137. The van der Waals surface area contributed by atoms with Gasteiger partial charge in [-0.05, 0) is 61.2 Å². The Morgan fingerprint density at radius 1 is 1.20 bits per heavy atom. The Morgan fingerprint density at radius 3 is 2.57 bits per heavy atom. The van der Waals surface area contributed by atoms with Crippen LogP contribution in [-0.4, -0.2) is 57.3 Å². The maximum Gasteiger partial charge on any atom is 0.317 e. The number of aryl methyl sites for hydroxylation is 1. The lowest BCUT2D eigenvalue weighted by atomic mass is 9.97. The van der Waals surface area contributed by atoms with Crippen molar-refractivity contribution in [1.29, 1.82) is 5.41 Å². The monoisotopic (exact) mass is 477 g/mol. The van der Waals surface area contributed by atoms with Crippen LogP contribution >= 0.6 is 0 Å². The number of imidazole rings is 1. The predicted octanol–water partition coefficient (Wildman–Crippen LogP) is 2.50. The molecular weight excluding hydrogens is 446 g/mol. The molecule has 3 aromatic rings. The lowest BCUT2D eigenvalue weighted by Crippen LogP contribution is -2.34. The largest absolute Gasteiger partial charge is 0.480 e. The van der Waals surface area contributed by atoms with Crippen LogP contribution in [0.3, 0.4) is 0 Å². The topological polar surface area (TPSA) is 160 Å². The highest BCUT2D eigenvalue weighted by atomic mass is 16.4. The average molecular weight is 478 g/mol. The molecule has 2 heterocycles. The summed E-state index contributed by atoms with van der Waals surface area (Å²) in [7, 11) is 0. The van der Waals surface area contributed by atoms with Gasteiger partial charge in [0, 0.05) is 36.8 Å². The first-order valence-electron chi connectivity index (χ1n) is 11.7. The number of amides is 1. The molecule has 184 valence electrons. The van der Waals surface area contributed by atoms with E-state index in [2.05, 4.69) is 15.6 Å². The fourth-order valence-corrected chi connectivity index (χ4v) is 4.47. The highest BCUT2D eigenvalue weighted by Gasteiger charge is 2.25. The second-order valence-electron chi connectivity index (χ2n) is 8.82. The molecule has 10 heteroatoms. The molecule has 35 heavy (non-hydrogen) atoms. The van der Waals surface area contributed by atoms with Gasteiger partial charge in [0.25, 0.3) is 0 Å². The summed E-state index contributed by atoms with van der Waals surface area (Å²) in [6.45, 7) is 3.71. The van der Waals surface area contributed by atoms with Gasteiger partial charge >= 0.3 is 5.97 Å². The normalized spacial score (nSPS) is 14.3. The van der Waals surface area contributed by atoms with Crippen LogP contribution < -0.4 is 16.4 Å². The first-order valence-corrected chi connectivity index (χ1v) is 11.7. The maximum atomic E-state index is 12.8. The number of carbonyl (C=O) groups excluding carboxylic acids is 1. The first kappa shape index (κ1) is 24.2. The fourth-order valence-electron chi connectivity index (χ4n) is 4.47. The summed E-state index contributed by atoms with van der Waals surface area (Å²) in [4.78, 5) is 34.0. The van der Waals surface area contributed by atoms with E-state index < -0.39 is 12.0 Å².